The van der Waals surface area contributed by atoms with Gasteiger partial charge in [-0.3, -0.25) is 15.5 Å². The van der Waals surface area contributed by atoms with Crippen LogP contribution in [-0.4, -0.2) is 55.3 Å². The minimum atomic E-state index is -0.101. The molecule has 0 unspecified atom stereocenters. The van der Waals surface area contributed by atoms with E-state index in [0.29, 0.717) is 0 Å². The summed E-state index contributed by atoms with van der Waals surface area (Å²) in [5.74, 6) is -0.101. The van der Waals surface area contributed by atoms with Crippen LogP contribution < -0.4 is 15.6 Å². The second-order valence-corrected chi connectivity index (χ2v) is 3.61. The number of likely N-dealkylation sites (N-methyl/N-ethyl adjacent to an activating group) is 3. The summed E-state index contributed by atoms with van der Waals surface area (Å²) in [6.45, 7) is 4.10. The van der Waals surface area contributed by atoms with Crippen molar-refractivity contribution < 1.29 is 0 Å². The lowest BCUT2D eigenvalue weighted by Gasteiger charge is -2.41. The molecule has 0 bridgehead atoms. The molecule has 0 rings (SSSR count). The van der Waals surface area contributed by atoms with Crippen LogP contribution in [0.4, 0.5) is 0 Å². The van der Waals surface area contributed by atoms with Crippen LogP contribution in [0.3, 0.4) is 0 Å². The van der Waals surface area contributed by atoms with Crippen molar-refractivity contribution in [3.8, 4) is 0 Å². The van der Waals surface area contributed by atoms with Gasteiger partial charge in [-0.25, -0.2) is 0 Å². The van der Waals surface area contributed by atoms with Crippen LogP contribution in [0.15, 0.2) is 0 Å². The molecule has 0 heterocycles. The summed E-state index contributed by atoms with van der Waals surface area (Å²) in [6.07, 6.45) is 0. The fourth-order valence-corrected chi connectivity index (χ4v) is 1.86. The van der Waals surface area contributed by atoms with Gasteiger partial charge in [-0.05, 0) is 27.7 Å². The van der Waals surface area contributed by atoms with E-state index in [1.807, 2.05) is 14.1 Å². The van der Waals surface area contributed by atoms with E-state index in [1.165, 1.54) is 0 Å². The quantitative estimate of drug-likeness (QED) is 0.331. The lowest BCUT2D eigenvalue weighted by atomic mass is 10.3. The summed E-state index contributed by atoms with van der Waals surface area (Å²) in [5, 5.41) is 6.58. The van der Waals surface area contributed by atoms with Gasteiger partial charge in [-0.1, -0.05) is 6.92 Å². The van der Waals surface area contributed by atoms with Crippen molar-refractivity contribution in [3.05, 3.63) is 0 Å². The van der Waals surface area contributed by atoms with E-state index in [0.717, 1.165) is 23.5 Å². The smallest absolute Gasteiger partial charge is 0.137 e. The molecule has 0 radical (unpaired) electrons. The Morgan fingerprint density at radius 1 is 1.33 bits per heavy atom. The zero-order valence-corrected chi connectivity index (χ0v) is 10.9. The van der Waals surface area contributed by atoms with E-state index in [-0.39, 0.29) is 5.79 Å². The third-order valence-electron chi connectivity index (χ3n) is 2.39. The number of nitrogens with zero attached hydrogens (tertiary/aromatic N) is 1. The molecule has 0 saturated heterocycles. The lowest BCUT2D eigenvalue weighted by Crippen LogP contribution is -2.69. The van der Waals surface area contributed by atoms with E-state index in [4.69, 9.17) is 0 Å². The predicted molar refractivity (Wildman–Crippen MR) is 57.1 cm³/mol. The van der Waals surface area contributed by atoms with Crippen molar-refractivity contribution >= 4 is 10.4 Å². The molecule has 0 atom stereocenters. The first-order valence-corrected chi connectivity index (χ1v) is 5.40. The summed E-state index contributed by atoms with van der Waals surface area (Å²) < 4.78 is 0. The summed E-state index contributed by atoms with van der Waals surface area (Å²) in [5.41, 5.74) is 0. The van der Waals surface area contributed by atoms with E-state index in [1.54, 1.807) is 0 Å². The maximum Gasteiger partial charge on any atom is 0.137 e. The Kier molecular flexibility index (Phi) is 5.69. The molecule has 0 aromatic rings. The molecule has 74 valence electrons. The summed E-state index contributed by atoms with van der Waals surface area (Å²) >= 11 is 0. The Bertz CT molecular complexity index is 116. The predicted octanol–water partition coefficient (Wildman–Crippen LogP) is -2.10. The first-order chi connectivity index (χ1) is 5.66. The third kappa shape index (κ3) is 2.53. The van der Waals surface area contributed by atoms with Crippen molar-refractivity contribution in [1.82, 2.24) is 20.5 Å². The highest BCUT2D eigenvalue weighted by molar-refractivity contribution is 6.04. The summed E-state index contributed by atoms with van der Waals surface area (Å²) in [4.78, 5) is 5.55. The number of rotatable bonds is 6. The molecular weight excluding hydrogens is 168 g/mol. The SMILES string of the molecule is CCN(C)C(CN[SiH3])(NC)NC. The molecule has 0 aromatic heterocycles. The molecule has 0 spiro atoms. The minimum Gasteiger partial charge on any atom is -0.341 e. The molecule has 0 fully saturated rings. The van der Waals surface area contributed by atoms with E-state index in [2.05, 4.69) is 34.5 Å². The number of hydrogen-bond donors (Lipinski definition) is 3. The third-order valence-corrected chi connectivity index (χ3v) is 2.74. The van der Waals surface area contributed by atoms with Gasteiger partial charge in [-0.15, -0.1) is 0 Å². The van der Waals surface area contributed by atoms with Gasteiger partial charge >= 0.3 is 0 Å². The standard InChI is InChI=1S/C7H22N4Si/c1-5-11(4)7(8-2,9-3)6-10-12/h8-10H,5-6H2,1-4,12H3. The van der Waals surface area contributed by atoms with E-state index >= 15 is 0 Å². The van der Waals surface area contributed by atoms with Gasteiger partial charge in [0.05, 0.1) is 10.4 Å². The Morgan fingerprint density at radius 3 is 2.08 bits per heavy atom. The highest BCUT2D eigenvalue weighted by Crippen LogP contribution is 2.02. The Morgan fingerprint density at radius 2 is 1.83 bits per heavy atom. The van der Waals surface area contributed by atoms with Gasteiger partial charge in [0.25, 0.3) is 0 Å². The van der Waals surface area contributed by atoms with Crippen molar-refractivity contribution in [2.45, 2.75) is 12.7 Å². The van der Waals surface area contributed by atoms with Crippen LogP contribution in [0.5, 0.6) is 0 Å². The van der Waals surface area contributed by atoms with E-state index < -0.39 is 0 Å². The molecule has 0 saturated carbocycles. The van der Waals surface area contributed by atoms with Crippen molar-refractivity contribution in [2.24, 2.45) is 0 Å². The molecule has 4 nitrogen and oxygen atoms in total. The molecule has 0 aromatic carbocycles. The Balaban J connectivity index is 4.33. The van der Waals surface area contributed by atoms with Crippen LogP contribution in [0, 0.1) is 0 Å². The monoisotopic (exact) mass is 190 g/mol. The Hall–Kier alpha value is 0.0569. The van der Waals surface area contributed by atoms with Crippen molar-refractivity contribution in [3.63, 3.8) is 0 Å². The first-order valence-electron chi connectivity index (χ1n) is 4.40. The van der Waals surface area contributed by atoms with Crippen molar-refractivity contribution in [2.75, 3.05) is 34.2 Å². The van der Waals surface area contributed by atoms with Crippen LogP contribution in [-0.2, 0) is 0 Å². The lowest BCUT2D eigenvalue weighted by molar-refractivity contribution is 0.0705. The number of nitrogens with one attached hydrogen (secondary N) is 3. The van der Waals surface area contributed by atoms with Gasteiger partial charge in [0.1, 0.15) is 5.79 Å². The second kappa shape index (κ2) is 5.66. The largest absolute Gasteiger partial charge is 0.341 e. The first kappa shape index (κ1) is 12.1. The van der Waals surface area contributed by atoms with Gasteiger partial charge < -0.3 is 4.98 Å². The second-order valence-electron chi connectivity index (χ2n) is 2.90. The van der Waals surface area contributed by atoms with Gasteiger partial charge in [-0.2, -0.15) is 0 Å². The van der Waals surface area contributed by atoms with Crippen LogP contribution in [0.2, 0.25) is 0 Å². The van der Waals surface area contributed by atoms with E-state index in [9.17, 15) is 0 Å². The average Bonchev–Trinajstić information content (AvgIpc) is 2.13. The molecule has 3 N–H and O–H groups in total. The highest BCUT2D eigenvalue weighted by Gasteiger charge is 2.28. The topological polar surface area (TPSA) is 39.3 Å². The fraction of sp³-hybridized carbons (Fsp3) is 1.00. The maximum atomic E-state index is 3.30. The normalized spacial score (nSPS) is 12.8. The van der Waals surface area contributed by atoms with Crippen molar-refractivity contribution in [1.29, 1.82) is 0 Å². The van der Waals surface area contributed by atoms with Gasteiger partial charge in [0, 0.05) is 6.54 Å². The molecule has 0 amide bonds. The number of hydrogen-bond acceptors (Lipinski definition) is 4. The summed E-state index contributed by atoms with van der Waals surface area (Å²) in [6, 6.07) is 0. The van der Waals surface area contributed by atoms with Gasteiger partial charge in [0.2, 0.25) is 0 Å². The fourth-order valence-electron chi connectivity index (χ4n) is 1.34. The molecule has 0 aliphatic heterocycles. The average molecular weight is 190 g/mol. The molecule has 5 heteroatoms. The van der Waals surface area contributed by atoms with Gasteiger partial charge in [0.15, 0.2) is 0 Å². The zero-order chi connectivity index (χ0) is 9.61. The molecule has 0 aliphatic carbocycles. The molecular formula is C7H22N4Si. The van der Waals surface area contributed by atoms with Crippen LogP contribution >= 0.6 is 0 Å². The molecule has 12 heavy (non-hydrogen) atoms. The highest BCUT2D eigenvalue weighted by atomic mass is 28.2. The van der Waals surface area contributed by atoms with Crippen LogP contribution in [0.1, 0.15) is 6.92 Å². The zero-order valence-electron chi connectivity index (χ0n) is 8.86. The van der Waals surface area contributed by atoms with Crippen LogP contribution in [0.25, 0.3) is 0 Å². The summed E-state index contributed by atoms with van der Waals surface area (Å²) in [7, 11) is 7.07. The maximum absolute atomic E-state index is 3.30. The minimum absolute atomic E-state index is 0.101. The molecule has 0 aliphatic rings. The Labute approximate surface area is 78.6 Å².